The lowest BCUT2D eigenvalue weighted by molar-refractivity contribution is -0.131. The number of halogens is 1. The molecule has 0 fully saturated rings. The van der Waals surface area contributed by atoms with Gasteiger partial charge < -0.3 is 10.6 Å². The second kappa shape index (κ2) is 8.08. The van der Waals surface area contributed by atoms with E-state index in [9.17, 15) is 4.79 Å². The van der Waals surface area contributed by atoms with Gasteiger partial charge in [-0.25, -0.2) is 0 Å². The summed E-state index contributed by atoms with van der Waals surface area (Å²) in [5.41, 5.74) is 5.76. The Balaban J connectivity index is 0.00000256. The Morgan fingerprint density at radius 1 is 1.59 bits per heavy atom. The molecule has 1 aromatic heterocycles. The molecule has 0 saturated carbocycles. The summed E-state index contributed by atoms with van der Waals surface area (Å²) in [6.07, 6.45) is 5.28. The standard InChI is InChI=1S/C11H20N4O.ClH/c1-3-5-10(12)11(16)14(2)8-9-15-7-4-6-13-15;/h4,6-7,10H,3,5,8-9,12H2,1-2H3;1H. The van der Waals surface area contributed by atoms with Crippen LogP contribution in [-0.2, 0) is 11.3 Å². The molecule has 0 spiro atoms. The van der Waals surface area contributed by atoms with Gasteiger partial charge in [0, 0.05) is 26.0 Å². The molecule has 0 aliphatic heterocycles. The van der Waals surface area contributed by atoms with Crippen molar-refractivity contribution in [2.24, 2.45) is 5.73 Å². The van der Waals surface area contributed by atoms with Gasteiger partial charge in [-0.1, -0.05) is 13.3 Å². The van der Waals surface area contributed by atoms with E-state index < -0.39 is 0 Å². The van der Waals surface area contributed by atoms with Gasteiger partial charge >= 0.3 is 0 Å². The molecule has 6 heteroatoms. The molecule has 5 nitrogen and oxygen atoms in total. The van der Waals surface area contributed by atoms with E-state index in [1.54, 1.807) is 22.8 Å². The van der Waals surface area contributed by atoms with E-state index in [0.29, 0.717) is 13.1 Å². The van der Waals surface area contributed by atoms with E-state index in [0.717, 1.165) is 12.8 Å². The van der Waals surface area contributed by atoms with Gasteiger partial charge in [-0.05, 0) is 12.5 Å². The highest BCUT2D eigenvalue weighted by atomic mass is 35.5. The van der Waals surface area contributed by atoms with Crippen molar-refractivity contribution in [1.29, 1.82) is 0 Å². The zero-order chi connectivity index (χ0) is 12.0. The van der Waals surface area contributed by atoms with Crippen LogP contribution in [0.15, 0.2) is 18.5 Å². The second-order valence-corrected chi connectivity index (χ2v) is 3.92. The maximum absolute atomic E-state index is 11.8. The van der Waals surface area contributed by atoms with E-state index in [-0.39, 0.29) is 24.4 Å². The molecule has 0 aliphatic rings. The fraction of sp³-hybridized carbons (Fsp3) is 0.636. The minimum absolute atomic E-state index is 0. The lowest BCUT2D eigenvalue weighted by Crippen LogP contribution is -2.42. The summed E-state index contributed by atoms with van der Waals surface area (Å²) < 4.78 is 1.80. The van der Waals surface area contributed by atoms with Crippen LogP contribution in [0, 0.1) is 0 Å². The van der Waals surface area contributed by atoms with Crippen molar-refractivity contribution >= 4 is 18.3 Å². The predicted octanol–water partition coefficient (Wildman–Crippen LogP) is 0.891. The van der Waals surface area contributed by atoms with Crippen molar-refractivity contribution in [1.82, 2.24) is 14.7 Å². The first-order valence-electron chi connectivity index (χ1n) is 5.63. The number of hydrogen-bond donors (Lipinski definition) is 1. The third-order valence-electron chi connectivity index (χ3n) is 2.52. The van der Waals surface area contributed by atoms with Crippen LogP contribution in [0.25, 0.3) is 0 Å². The van der Waals surface area contributed by atoms with Gasteiger partial charge in [0.2, 0.25) is 5.91 Å². The number of hydrogen-bond acceptors (Lipinski definition) is 3. The number of carbonyl (C=O) groups is 1. The Hall–Kier alpha value is -1.07. The third kappa shape index (κ3) is 5.19. The van der Waals surface area contributed by atoms with Crippen LogP contribution in [0.5, 0.6) is 0 Å². The highest BCUT2D eigenvalue weighted by Gasteiger charge is 2.16. The van der Waals surface area contributed by atoms with Crippen molar-refractivity contribution in [3.63, 3.8) is 0 Å². The largest absolute Gasteiger partial charge is 0.343 e. The molecule has 1 amide bonds. The molecule has 1 rings (SSSR count). The molecule has 17 heavy (non-hydrogen) atoms. The molecule has 1 atom stereocenters. The maximum Gasteiger partial charge on any atom is 0.239 e. The summed E-state index contributed by atoms with van der Waals surface area (Å²) in [6.45, 7) is 3.36. The number of likely N-dealkylation sites (N-methyl/N-ethyl adjacent to an activating group) is 1. The smallest absolute Gasteiger partial charge is 0.239 e. The Labute approximate surface area is 108 Å². The average molecular weight is 261 g/mol. The molecule has 1 heterocycles. The zero-order valence-electron chi connectivity index (χ0n) is 10.4. The Morgan fingerprint density at radius 3 is 2.82 bits per heavy atom. The fourth-order valence-corrected chi connectivity index (χ4v) is 1.51. The number of amides is 1. The van der Waals surface area contributed by atoms with Crippen molar-refractivity contribution < 1.29 is 4.79 Å². The molecule has 0 aliphatic carbocycles. The number of carbonyl (C=O) groups excluding carboxylic acids is 1. The SMILES string of the molecule is CCCC(N)C(=O)N(C)CCn1cccn1.Cl. The highest BCUT2D eigenvalue weighted by molar-refractivity contribution is 5.85. The molecule has 1 unspecified atom stereocenters. The van der Waals surface area contributed by atoms with Crippen LogP contribution in [-0.4, -0.2) is 40.2 Å². The first-order chi connectivity index (χ1) is 7.65. The topological polar surface area (TPSA) is 64.2 Å². The highest BCUT2D eigenvalue weighted by Crippen LogP contribution is 1.98. The van der Waals surface area contributed by atoms with Crippen LogP contribution in [0.1, 0.15) is 19.8 Å². The van der Waals surface area contributed by atoms with Crippen LogP contribution in [0.3, 0.4) is 0 Å². The second-order valence-electron chi connectivity index (χ2n) is 3.92. The molecule has 98 valence electrons. The van der Waals surface area contributed by atoms with Gasteiger partial charge in [0.1, 0.15) is 0 Å². The van der Waals surface area contributed by atoms with Gasteiger partial charge in [0.25, 0.3) is 0 Å². The number of rotatable bonds is 6. The van der Waals surface area contributed by atoms with Crippen LogP contribution in [0.2, 0.25) is 0 Å². The quantitative estimate of drug-likeness (QED) is 0.826. The Bertz CT molecular complexity index is 315. The first kappa shape index (κ1) is 15.9. The normalized spacial score (nSPS) is 11.7. The van der Waals surface area contributed by atoms with Crippen molar-refractivity contribution in [3.8, 4) is 0 Å². The fourth-order valence-electron chi connectivity index (χ4n) is 1.51. The summed E-state index contributed by atoms with van der Waals surface area (Å²) in [5, 5.41) is 4.08. The molecule has 2 N–H and O–H groups in total. The van der Waals surface area contributed by atoms with Crippen molar-refractivity contribution in [2.45, 2.75) is 32.4 Å². The summed E-state index contributed by atoms with van der Waals surface area (Å²) in [4.78, 5) is 13.4. The lowest BCUT2D eigenvalue weighted by Gasteiger charge is -2.20. The molecular formula is C11H21ClN4O. The van der Waals surface area contributed by atoms with Gasteiger partial charge in [-0.3, -0.25) is 9.48 Å². The summed E-state index contributed by atoms with van der Waals surface area (Å²) in [6, 6.07) is 1.50. The molecule has 0 saturated heterocycles. The molecule has 0 radical (unpaired) electrons. The van der Waals surface area contributed by atoms with Gasteiger partial charge in [-0.15, -0.1) is 12.4 Å². The van der Waals surface area contributed by atoms with Crippen molar-refractivity contribution in [2.75, 3.05) is 13.6 Å². The molecule has 0 aromatic carbocycles. The first-order valence-corrected chi connectivity index (χ1v) is 5.63. The number of nitrogens with two attached hydrogens (primary N) is 1. The van der Waals surface area contributed by atoms with E-state index in [2.05, 4.69) is 5.10 Å². The minimum Gasteiger partial charge on any atom is -0.343 e. The monoisotopic (exact) mass is 260 g/mol. The predicted molar refractivity (Wildman–Crippen MR) is 70.0 cm³/mol. The van der Waals surface area contributed by atoms with E-state index in [1.165, 1.54) is 0 Å². The Morgan fingerprint density at radius 2 is 2.29 bits per heavy atom. The van der Waals surface area contributed by atoms with Gasteiger partial charge in [0.05, 0.1) is 12.6 Å². The lowest BCUT2D eigenvalue weighted by atomic mass is 10.1. The van der Waals surface area contributed by atoms with Gasteiger partial charge in [0.15, 0.2) is 0 Å². The Kier molecular flexibility index (Phi) is 7.58. The summed E-state index contributed by atoms with van der Waals surface area (Å²) >= 11 is 0. The van der Waals surface area contributed by atoms with E-state index in [1.807, 2.05) is 19.2 Å². The van der Waals surface area contributed by atoms with Crippen LogP contribution < -0.4 is 5.73 Å². The van der Waals surface area contributed by atoms with Crippen LogP contribution in [0.4, 0.5) is 0 Å². The molecular weight excluding hydrogens is 240 g/mol. The maximum atomic E-state index is 11.8. The zero-order valence-corrected chi connectivity index (χ0v) is 11.2. The summed E-state index contributed by atoms with van der Waals surface area (Å²) in [5.74, 6) is 0.00834. The van der Waals surface area contributed by atoms with Crippen LogP contribution >= 0.6 is 12.4 Å². The van der Waals surface area contributed by atoms with E-state index in [4.69, 9.17) is 5.73 Å². The molecule has 1 aromatic rings. The molecule has 0 bridgehead atoms. The third-order valence-corrected chi connectivity index (χ3v) is 2.52. The van der Waals surface area contributed by atoms with Crippen molar-refractivity contribution in [3.05, 3.63) is 18.5 Å². The average Bonchev–Trinajstić information content (AvgIpc) is 2.78. The van der Waals surface area contributed by atoms with E-state index >= 15 is 0 Å². The van der Waals surface area contributed by atoms with Gasteiger partial charge in [-0.2, -0.15) is 5.10 Å². The number of nitrogens with zero attached hydrogens (tertiary/aromatic N) is 3. The summed E-state index contributed by atoms with van der Waals surface area (Å²) in [7, 11) is 1.78. The minimum atomic E-state index is -0.368. The number of aromatic nitrogens is 2.